The van der Waals surface area contributed by atoms with E-state index in [1.807, 2.05) is 24.3 Å². The van der Waals surface area contributed by atoms with Gasteiger partial charge in [0.15, 0.2) is 6.30 Å². The third-order valence-corrected chi connectivity index (χ3v) is 7.07. The molecule has 8 heteroatoms. The van der Waals surface area contributed by atoms with Crippen molar-refractivity contribution in [3.63, 3.8) is 0 Å². The van der Waals surface area contributed by atoms with Crippen molar-refractivity contribution in [1.29, 1.82) is 5.41 Å². The van der Waals surface area contributed by atoms with Crippen molar-refractivity contribution in [3.8, 4) is 11.8 Å². The molecule has 1 aromatic heterocycles. The Balaban J connectivity index is 1.35. The Morgan fingerprint density at radius 3 is 2.38 bits per heavy atom. The predicted octanol–water partition coefficient (Wildman–Crippen LogP) is 6.61. The van der Waals surface area contributed by atoms with Crippen molar-refractivity contribution in [3.05, 3.63) is 100 Å². The summed E-state index contributed by atoms with van der Waals surface area (Å²) >= 11 is 0. The molecule has 2 heterocycles. The van der Waals surface area contributed by atoms with Crippen LogP contribution in [0, 0.1) is 28.9 Å². The quantitative estimate of drug-likeness (QED) is 0.234. The number of benzene rings is 3. The van der Waals surface area contributed by atoms with Crippen LogP contribution in [0.4, 0.5) is 13.2 Å². The first kappa shape index (κ1) is 26.2. The van der Waals surface area contributed by atoms with Crippen molar-refractivity contribution in [2.75, 3.05) is 13.1 Å². The SMILES string of the molecule is CC#Cc1cc(C(=O)N2CCC(c3nc4ccccc4n3C(C)F)CC2)ccc1C(=N)c1cc(F)cc(F)c1. The van der Waals surface area contributed by atoms with E-state index in [0.717, 1.165) is 29.2 Å². The van der Waals surface area contributed by atoms with Gasteiger partial charge in [-0.2, -0.15) is 0 Å². The minimum atomic E-state index is -1.22. The molecule has 3 aromatic carbocycles. The maximum atomic E-state index is 14.6. The number of hydrogen-bond acceptors (Lipinski definition) is 3. The van der Waals surface area contributed by atoms with Gasteiger partial charge >= 0.3 is 0 Å². The van der Waals surface area contributed by atoms with Crippen molar-refractivity contribution in [1.82, 2.24) is 14.5 Å². The molecule has 1 amide bonds. The average molecular weight is 529 g/mol. The van der Waals surface area contributed by atoms with Gasteiger partial charge in [-0.25, -0.2) is 18.2 Å². The molecule has 1 aliphatic rings. The van der Waals surface area contributed by atoms with E-state index in [9.17, 15) is 18.0 Å². The lowest BCUT2D eigenvalue weighted by atomic mass is 9.93. The Morgan fingerprint density at radius 2 is 1.72 bits per heavy atom. The number of carbonyl (C=O) groups excluding carboxylic acids is 1. The van der Waals surface area contributed by atoms with Crippen molar-refractivity contribution in [2.24, 2.45) is 0 Å². The van der Waals surface area contributed by atoms with E-state index in [2.05, 4.69) is 11.8 Å². The van der Waals surface area contributed by atoms with Gasteiger partial charge in [-0.05, 0) is 63.1 Å². The zero-order valence-corrected chi connectivity index (χ0v) is 21.6. The lowest BCUT2D eigenvalue weighted by molar-refractivity contribution is 0.0708. The molecule has 1 N–H and O–H groups in total. The zero-order valence-electron chi connectivity index (χ0n) is 21.6. The van der Waals surface area contributed by atoms with E-state index < -0.39 is 17.9 Å². The summed E-state index contributed by atoms with van der Waals surface area (Å²) in [7, 11) is 0. The number of imidazole rings is 1. The van der Waals surface area contributed by atoms with Crippen LogP contribution in [0.5, 0.6) is 0 Å². The second kappa shape index (κ2) is 10.8. The molecule has 39 heavy (non-hydrogen) atoms. The normalized spacial score (nSPS) is 14.6. The summed E-state index contributed by atoms with van der Waals surface area (Å²) in [4.78, 5) is 19.9. The van der Waals surface area contributed by atoms with Gasteiger partial charge in [-0.3, -0.25) is 14.8 Å². The molecule has 4 aromatic rings. The standard InChI is InChI=1S/C31H27F3N4O/c1-3-6-21-15-22(9-10-26(21)29(35)23-16-24(33)18-25(34)17-23)31(39)37-13-11-20(12-14-37)30-36-27-7-4-5-8-28(27)38(30)19(2)32/h4-5,7-10,15-20,35H,11-14H2,1-2H3. The number of carbonyl (C=O) groups is 1. The van der Waals surface area contributed by atoms with Crippen LogP contribution in [0.2, 0.25) is 0 Å². The van der Waals surface area contributed by atoms with Gasteiger partial charge in [0.05, 0.1) is 16.7 Å². The molecule has 1 aliphatic heterocycles. The van der Waals surface area contributed by atoms with Gasteiger partial charge < -0.3 is 4.90 Å². The van der Waals surface area contributed by atoms with E-state index in [4.69, 9.17) is 10.4 Å². The van der Waals surface area contributed by atoms with Crippen LogP contribution < -0.4 is 0 Å². The Labute approximate surface area is 224 Å². The summed E-state index contributed by atoms with van der Waals surface area (Å²) in [6.45, 7) is 4.12. The first-order valence-corrected chi connectivity index (χ1v) is 12.8. The van der Waals surface area contributed by atoms with E-state index in [1.165, 1.54) is 6.92 Å². The van der Waals surface area contributed by atoms with Gasteiger partial charge in [0.2, 0.25) is 0 Å². The number of nitrogens with zero attached hydrogens (tertiary/aromatic N) is 3. The number of fused-ring (bicyclic) bond motifs is 1. The molecule has 0 saturated carbocycles. The van der Waals surface area contributed by atoms with Crippen LogP contribution >= 0.6 is 0 Å². The number of amides is 1. The molecule has 5 rings (SSSR count). The monoisotopic (exact) mass is 528 g/mol. The number of rotatable bonds is 5. The molecule has 5 nitrogen and oxygen atoms in total. The van der Waals surface area contributed by atoms with Crippen molar-refractivity contribution >= 4 is 22.7 Å². The third-order valence-electron chi connectivity index (χ3n) is 7.07. The number of aromatic nitrogens is 2. The number of halogens is 3. The number of likely N-dealkylation sites (tertiary alicyclic amines) is 1. The summed E-state index contributed by atoms with van der Waals surface area (Å²) in [5, 5.41) is 8.52. The Kier molecular flexibility index (Phi) is 7.25. The van der Waals surface area contributed by atoms with Crippen LogP contribution in [0.3, 0.4) is 0 Å². The summed E-state index contributed by atoms with van der Waals surface area (Å²) < 4.78 is 43.7. The summed E-state index contributed by atoms with van der Waals surface area (Å²) in [5.41, 5.74) is 2.74. The summed E-state index contributed by atoms with van der Waals surface area (Å²) in [6.07, 6.45) is 0.0837. The first-order chi connectivity index (χ1) is 18.8. The smallest absolute Gasteiger partial charge is 0.253 e. The van der Waals surface area contributed by atoms with Gasteiger partial charge in [0, 0.05) is 47.3 Å². The number of alkyl halides is 1. The van der Waals surface area contributed by atoms with Crippen molar-refractivity contribution in [2.45, 2.75) is 38.9 Å². The highest BCUT2D eigenvalue weighted by molar-refractivity contribution is 6.12. The first-order valence-electron chi connectivity index (χ1n) is 12.8. The highest BCUT2D eigenvalue weighted by atomic mass is 19.1. The molecule has 0 radical (unpaired) electrons. The lowest BCUT2D eigenvalue weighted by Crippen LogP contribution is -2.38. The number of nitrogens with one attached hydrogen (secondary N) is 1. The Morgan fingerprint density at radius 1 is 1.03 bits per heavy atom. The van der Waals surface area contributed by atoms with E-state index in [0.29, 0.717) is 48.4 Å². The zero-order chi connectivity index (χ0) is 27.7. The predicted molar refractivity (Wildman–Crippen MR) is 145 cm³/mol. The number of hydrogen-bond donors (Lipinski definition) is 1. The fourth-order valence-corrected chi connectivity index (χ4v) is 5.24. The number of piperidine rings is 1. The second-order valence-electron chi connectivity index (χ2n) is 9.64. The maximum absolute atomic E-state index is 14.6. The van der Waals surface area contributed by atoms with Gasteiger partial charge in [0.1, 0.15) is 17.5 Å². The fraction of sp³-hybridized carbons (Fsp3) is 0.258. The van der Waals surface area contributed by atoms with Crippen LogP contribution in [-0.4, -0.2) is 39.2 Å². The molecule has 0 aliphatic carbocycles. The minimum absolute atomic E-state index is 0.0238. The molecule has 0 spiro atoms. The van der Waals surface area contributed by atoms with Crippen LogP contribution in [0.1, 0.15) is 71.8 Å². The van der Waals surface area contributed by atoms with Crippen LogP contribution in [0.15, 0.2) is 60.7 Å². The minimum Gasteiger partial charge on any atom is -0.339 e. The number of para-hydroxylation sites is 2. The lowest BCUT2D eigenvalue weighted by Gasteiger charge is -2.32. The molecule has 1 saturated heterocycles. The van der Waals surface area contributed by atoms with E-state index in [-0.39, 0.29) is 23.1 Å². The molecular weight excluding hydrogens is 501 g/mol. The summed E-state index contributed by atoms with van der Waals surface area (Å²) in [6, 6.07) is 15.3. The molecule has 1 unspecified atom stereocenters. The van der Waals surface area contributed by atoms with E-state index in [1.54, 1.807) is 34.6 Å². The largest absolute Gasteiger partial charge is 0.339 e. The molecular formula is C31H27F3N4O. The van der Waals surface area contributed by atoms with Gasteiger partial charge in [0.25, 0.3) is 5.91 Å². The highest BCUT2D eigenvalue weighted by Crippen LogP contribution is 2.33. The van der Waals surface area contributed by atoms with Gasteiger partial charge in [-0.1, -0.05) is 24.1 Å². The molecule has 1 fully saturated rings. The van der Waals surface area contributed by atoms with E-state index >= 15 is 0 Å². The highest BCUT2D eigenvalue weighted by Gasteiger charge is 2.29. The Bertz CT molecular complexity index is 1620. The Hall–Kier alpha value is -4.38. The fourth-order valence-electron chi connectivity index (χ4n) is 5.24. The molecule has 198 valence electrons. The second-order valence-corrected chi connectivity index (χ2v) is 9.64. The topological polar surface area (TPSA) is 62.0 Å². The molecule has 1 atom stereocenters. The van der Waals surface area contributed by atoms with Crippen LogP contribution in [0.25, 0.3) is 11.0 Å². The maximum Gasteiger partial charge on any atom is 0.253 e. The van der Waals surface area contributed by atoms with Crippen LogP contribution in [-0.2, 0) is 0 Å². The van der Waals surface area contributed by atoms with Crippen molar-refractivity contribution < 1.29 is 18.0 Å². The molecule has 0 bridgehead atoms. The van der Waals surface area contributed by atoms with Gasteiger partial charge in [-0.15, -0.1) is 5.92 Å². The summed E-state index contributed by atoms with van der Waals surface area (Å²) in [5.74, 6) is 4.71. The third kappa shape index (κ3) is 5.17. The average Bonchev–Trinajstić information content (AvgIpc) is 3.32.